The Labute approximate surface area is 101 Å². The van der Waals surface area contributed by atoms with Crippen molar-refractivity contribution in [1.29, 1.82) is 0 Å². The summed E-state index contributed by atoms with van der Waals surface area (Å²) >= 11 is 0. The molecule has 0 bridgehead atoms. The molecule has 0 aromatic rings. The van der Waals surface area contributed by atoms with Crippen molar-refractivity contribution in [2.24, 2.45) is 0 Å². The van der Waals surface area contributed by atoms with Gasteiger partial charge < -0.3 is 6.16 Å². The smallest absolute Gasteiger partial charge is 1.00 e. The van der Waals surface area contributed by atoms with E-state index in [-0.39, 0.29) is 44.0 Å². The van der Waals surface area contributed by atoms with Gasteiger partial charge in [-0.15, -0.1) is 0 Å². The monoisotopic (exact) mass is 220 g/mol. The van der Waals surface area contributed by atoms with Crippen LogP contribution in [0.1, 0.15) is 21.7 Å². The predicted molar refractivity (Wildman–Crippen MR) is 43.4 cm³/mol. The topological polar surface area (TPSA) is 80.7 Å². The molecule has 74 valence electrons. The summed E-state index contributed by atoms with van der Waals surface area (Å²) in [5.41, 5.74) is 0. The van der Waals surface area contributed by atoms with Crippen molar-refractivity contribution in [2.45, 2.75) is 25.5 Å². The predicted octanol–water partition coefficient (Wildman–Crippen LogP) is -2.67. The third kappa shape index (κ3) is 8.70. The Morgan fingerprint density at radius 2 is 2.08 bits per heavy atom. The summed E-state index contributed by atoms with van der Waals surface area (Å²) in [6, 6.07) is 0. The van der Waals surface area contributed by atoms with E-state index in [0.29, 0.717) is 0 Å². The van der Waals surface area contributed by atoms with Crippen LogP contribution in [0.15, 0.2) is 0 Å². The minimum atomic E-state index is -3.99. The first-order chi connectivity index (χ1) is 5.34. The first-order valence-corrected chi connectivity index (χ1v) is 4.94. The number of hydrogen-bond acceptors (Lipinski definition) is 4. The standard InChI is InChI=1S/C6H12O5S.Na.H/c1-5(12(8,9)10)3-4-11-6(2)7;;/h5H,3-4H2,1-2H3,(H,8,9,10);;/q;+1;-1. The molecule has 0 heterocycles. The molecule has 0 spiro atoms. The van der Waals surface area contributed by atoms with Crippen LogP contribution in [-0.2, 0) is 19.6 Å². The van der Waals surface area contributed by atoms with Crippen LogP contribution in [0.3, 0.4) is 0 Å². The van der Waals surface area contributed by atoms with Crippen molar-refractivity contribution in [1.82, 2.24) is 0 Å². The van der Waals surface area contributed by atoms with Crippen molar-refractivity contribution in [3.05, 3.63) is 0 Å². The second kappa shape index (κ2) is 6.78. The quantitative estimate of drug-likeness (QED) is 0.317. The van der Waals surface area contributed by atoms with Gasteiger partial charge in [0.25, 0.3) is 10.1 Å². The van der Waals surface area contributed by atoms with Gasteiger partial charge in [0, 0.05) is 13.3 Å². The van der Waals surface area contributed by atoms with Gasteiger partial charge in [0.15, 0.2) is 0 Å². The maximum absolute atomic E-state index is 10.4. The molecule has 0 aliphatic carbocycles. The summed E-state index contributed by atoms with van der Waals surface area (Å²) in [4.78, 5) is 10.2. The van der Waals surface area contributed by atoms with Crippen LogP contribution in [0.25, 0.3) is 0 Å². The van der Waals surface area contributed by atoms with Crippen molar-refractivity contribution in [2.75, 3.05) is 6.61 Å². The van der Waals surface area contributed by atoms with Crippen molar-refractivity contribution >= 4 is 16.1 Å². The van der Waals surface area contributed by atoms with Crippen LogP contribution >= 0.6 is 0 Å². The van der Waals surface area contributed by atoms with Gasteiger partial charge in [0.2, 0.25) is 0 Å². The largest absolute Gasteiger partial charge is 1.00 e. The van der Waals surface area contributed by atoms with Crippen LogP contribution in [0.2, 0.25) is 0 Å². The molecule has 0 saturated carbocycles. The molecule has 0 aliphatic rings. The second-order valence-corrected chi connectivity index (χ2v) is 4.29. The number of hydrogen-bond donors (Lipinski definition) is 1. The molecule has 0 radical (unpaired) electrons. The van der Waals surface area contributed by atoms with Gasteiger partial charge in [-0.1, -0.05) is 0 Å². The van der Waals surface area contributed by atoms with Crippen molar-refractivity contribution < 1.29 is 53.5 Å². The number of rotatable bonds is 4. The Morgan fingerprint density at radius 3 is 2.38 bits per heavy atom. The van der Waals surface area contributed by atoms with Gasteiger partial charge >= 0.3 is 35.5 Å². The van der Waals surface area contributed by atoms with Crippen molar-refractivity contribution in [3.8, 4) is 0 Å². The molecule has 0 rings (SSSR count). The maximum atomic E-state index is 10.4. The molecule has 0 aromatic carbocycles. The second-order valence-electron chi connectivity index (χ2n) is 2.45. The van der Waals surface area contributed by atoms with E-state index in [0.717, 1.165) is 0 Å². The molecule has 0 saturated heterocycles. The van der Waals surface area contributed by atoms with E-state index in [4.69, 9.17) is 4.55 Å². The minimum absolute atomic E-state index is 0. The normalized spacial score (nSPS) is 12.8. The molecule has 0 aliphatic heterocycles. The Morgan fingerprint density at radius 1 is 1.62 bits per heavy atom. The zero-order valence-corrected chi connectivity index (χ0v) is 10.8. The molecule has 13 heavy (non-hydrogen) atoms. The summed E-state index contributed by atoms with van der Waals surface area (Å²) in [5, 5.41) is -0.892. The van der Waals surface area contributed by atoms with Gasteiger partial charge in [0.1, 0.15) is 0 Å². The fourth-order valence-electron chi connectivity index (χ4n) is 0.518. The van der Waals surface area contributed by atoms with Gasteiger partial charge in [-0.25, -0.2) is 0 Å². The van der Waals surface area contributed by atoms with Crippen LogP contribution in [-0.4, -0.2) is 30.8 Å². The molecule has 7 heteroatoms. The molecule has 5 nitrogen and oxygen atoms in total. The summed E-state index contributed by atoms with van der Waals surface area (Å²) in [5.74, 6) is -0.461. The molecular formula is C6H13NaO5S. The van der Waals surface area contributed by atoms with Gasteiger partial charge in [0.05, 0.1) is 11.9 Å². The summed E-state index contributed by atoms with van der Waals surface area (Å²) in [6.07, 6.45) is 0.110. The summed E-state index contributed by atoms with van der Waals surface area (Å²) in [7, 11) is -3.99. The average molecular weight is 220 g/mol. The maximum Gasteiger partial charge on any atom is 1.00 e. The molecule has 0 fully saturated rings. The zero-order chi connectivity index (χ0) is 9.78. The minimum Gasteiger partial charge on any atom is -1.00 e. The SMILES string of the molecule is CC(=O)OCCC(C)S(=O)(=O)O.[H-].[Na+]. The zero-order valence-electron chi connectivity index (χ0n) is 8.98. The number of carbonyl (C=O) groups is 1. The van der Waals surface area contributed by atoms with E-state index in [1.54, 1.807) is 0 Å². The van der Waals surface area contributed by atoms with Gasteiger partial charge in [-0.05, 0) is 6.92 Å². The Bertz CT molecular complexity index is 253. The molecule has 0 amide bonds. The van der Waals surface area contributed by atoms with Crippen LogP contribution in [0.5, 0.6) is 0 Å². The molecule has 1 unspecified atom stereocenters. The third-order valence-corrected chi connectivity index (χ3v) is 2.59. The third-order valence-electron chi connectivity index (χ3n) is 1.34. The van der Waals surface area contributed by atoms with Crippen molar-refractivity contribution in [3.63, 3.8) is 0 Å². The van der Waals surface area contributed by atoms with Crippen LogP contribution < -0.4 is 29.6 Å². The van der Waals surface area contributed by atoms with E-state index in [1.165, 1.54) is 13.8 Å². The van der Waals surface area contributed by atoms with Gasteiger partial charge in [-0.3, -0.25) is 9.35 Å². The van der Waals surface area contributed by atoms with Crippen LogP contribution in [0, 0.1) is 0 Å². The van der Waals surface area contributed by atoms with E-state index in [2.05, 4.69) is 4.74 Å². The van der Waals surface area contributed by atoms with E-state index < -0.39 is 21.3 Å². The Kier molecular flexibility index (Phi) is 8.26. The first kappa shape index (κ1) is 15.8. The summed E-state index contributed by atoms with van der Waals surface area (Å²) < 4.78 is 33.8. The number of esters is 1. The number of ether oxygens (including phenoxy) is 1. The van der Waals surface area contributed by atoms with E-state index in [9.17, 15) is 13.2 Å². The van der Waals surface area contributed by atoms with Crippen LogP contribution in [0.4, 0.5) is 0 Å². The van der Waals surface area contributed by atoms with E-state index in [1.807, 2.05) is 0 Å². The Hall–Kier alpha value is 0.380. The van der Waals surface area contributed by atoms with Gasteiger partial charge in [-0.2, -0.15) is 8.42 Å². The summed E-state index contributed by atoms with van der Waals surface area (Å²) in [6.45, 7) is 2.59. The molecule has 1 atom stereocenters. The fraction of sp³-hybridized carbons (Fsp3) is 0.833. The fourth-order valence-corrected chi connectivity index (χ4v) is 0.912. The first-order valence-electron chi connectivity index (χ1n) is 3.43. The average Bonchev–Trinajstić information content (AvgIpc) is 1.84. The molecule has 0 aromatic heterocycles. The van der Waals surface area contributed by atoms with E-state index >= 15 is 0 Å². The Balaban J connectivity index is -0.000000605. The molecular weight excluding hydrogens is 207 g/mol. The molecule has 1 N–H and O–H groups in total. The number of carbonyl (C=O) groups excluding carboxylic acids is 1.